The summed E-state index contributed by atoms with van der Waals surface area (Å²) in [6.07, 6.45) is 0.128. The summed E-state index contributed by atoms with van der Waals surface area (Å²) in [7, 11) is 0. The van der Waals surface area contributed by atoms with Crippen LogP contribution in [0, 0.1) is 17.1 Å². The second-order valence-corrected chi connectivity index (χ2v) is 4.26. The SMILES string of the molecule is N#Cc1cc(F)cc(CN2N=C(C(=O)O)CCC2=O)c1. The first-order chi connectivity index (χ1) is 9.49. The number of benzene rings is 1. The van der Waals surface area contributed by atoms with Gasteiger partial charge in [0.25, 0.3) is 0 Å². The number of amides is 1. The van der Waals surface area contributed by atoms with Gasteiger partial charge in [-0.3, -0.25) is 4.79 Å². The molecule has 6 nitrogen and oxygen atoms in total. The van der Waals surface area contributed by atoms with Gasteiger partial charge in [-0.1, -0.05) is 0 Å². The van der Waals surface area contributed by atoms with Gasteiger partial charge in [-0.05, 0) is 23.8 Å². The lowest BCUT2D eigenvalue weighted by molar-refractivity contribution is -0.133. The molecule has 0 saturated heterocycles. The van der Waals surface area contributed by atoms with E-state index in [-0.39, 0.29) is 36.6 Å². The number of aliphatic carboxylic acids is 1. The third-order valence-electron chi connectivity index (χ3n) is 2.77. The number of hydrogen-bond donors (Lipinski definition) is 1. The van der Waals surface area contributed by atoms with Crippen molar-refractivity contribution in [1.82, 2.24) is 5.01 Å². The third kappa shape index (κ3) is 2.98. The number of halogens is 1. The van der Waals surface area contributed by atoms with Crippen molar-refractivity contribution in [2.75, 3.05) is 0 Å². The van der Waals surface area contributed by atoms with Gasteiger partial charge in [0, 0.05) is 12.8 Å². The van der Waals surface area contributed by atoms with Crippen LogP contribution in [0.3, 0.4) is 0 Å². The Morgan fingerprint density at radius 3 is 2.85 bits per heavy atom. The highest BCUT2D eigenvalue weighted by molar-refractivity contribution is 6.36. The van der Waals surface area contributed by atoms with Crippen molar-refractivity contribution < 1.29 is 19.1 Å². The van der Waals surface area contributed by atoms with E-state index >= 15 is 0 Å². The molecule has 0 radical (unpaired) electrons. The number of hydrazone groups is 1. The van der Waals surface area contributed by atoms with Crippen molar-refractivity contribution in [3.63, 3.8) is 0 Å². The van der Waals surface area contributed by atoms with Gasteiger partial charge in [0.2, 0.25) is 5.91 Å². The molecule has 7 heteroatoms. The molecular formula is C13H10FN3O3. The van der Waals surface area contributed by atoms with Crippen LogP contribution in [0.4, 0.5) is 4.39 Å². The molecule has 1 aliphatic rings. The van der Waals surface area contributed by atoms with E-state index in [1.807, 2.05) is 6.07 Å². The Kier molecular flexibility index (Phi) is 3.75. The van der Waals surface area contributed by atoms with E-state index in [2.05, 4.69) is 5.10 Å². The summed E-state index contributed by atoms with van der Waals surface area (Å²) in [5, 5.41) is 22.3. The number of carbonyl (C=O) groups excluding carboxylic acids is 1. The minimum Gasteiger partial charge on any atom is -0.477 e. The van der Waals surface area contributed by atoms with Crippen LogP contribution in [0.1, 0.15) is 24.0 Å². The lowest BCUT2D eigenvalue weighted by Crippen LogP contribution is -2.33. The fourth-order valence-corrected chi connectivity index (χ4v) is 1.86. The zero-order valence-electron chi connectivity index (χ0n) is 10.3. The number of nitrogens with zero attached hydrogens (tertiary/aromatic N) is 3. The molecule has 0 saturated carbocycles. The molecular weight excluding hydrogens is 265 g/mol. The van der Waals surface area contributed by atoms with E-state index in [1.54, 1.807) is 0 Å². The Morgan fingerprint density at radius 1 is 1.45 bits per heavy atom. The molecule has 0 unspecified atom stereocenters. The van der Waals surface area contributed by atoms with Crippen molar-refractivity contribution >= 4 is 17.6 Å². The second-order valence-electron chi connectivity index (χ2n) is 4.26. The molecule has 1 N–H and O–H groups in total. The second kappa shape index (κ2) is 5.48. The number of carbonyl (C=O) groups is 2. The fraction of sp³-hybridized carbons (Fsp3) is 0.231. The molecule has 0 atom stereocenters. The van der Waals surface area contributed by atoms with Gasteiger partial charge in [0.15, 0.2) is 0 Å². The highest BCUT2D eigenvalue weighted by atomic mass is 19.1. The van der Waals surface area contributed by atoms with Crippen LogP contribution in [0.2, 0.25) is 0 Å². The van der Waals surface area contributed by atoms with Gasteiger partial charge >= 0.3 is 5.97 Å². The molecule has 20 heavy (non-hydrogen) atoms. The van der Waals surface area contributed by atoms with E-state index in [4.69, 9.17) is 10.4 Å². The summed E-state index contributed by atoms with van der Waals surface area (Å²) in [4.78, 5) is 22.5. The maximum atomic E-state index is 13.3. The highest BCUT2D eigenvalue weighted by Crippen LogP contribution is 2.16. The predicted octanol–water partition coefficient (Wildman–Crippen LogP) is 1.26. The quantitative estimate of drug-likeness (QED) is 0.898. The zero-order valence-corrected chi connectivity index (χ0v) is 10.3. The molecule has 1 aliphatic heterocycles. The van der Waals surface area contributed by atoms with Gasteiger partial charge in [-0.25, -0.2) is 14.2 Å². The third-order valence-corrected chi connectivity index (χ3v) is 2.77. The first-order valence-corrected chi connectivity index (χ1v) is 5.80. The van der Waals surface area contributed by atoms with Crippen LogP contribution in [-0.2, 0) is 16.1 Å². The molecule has 1 aromatic rings. The van der Waals surface area contributed by atoms with Crippen molar-refractivity contribution in [3.8, 4) is 6.07 Å². The highest BCUT2D eigenvalue weighted by Gasteiger charge is 2.24. The minimum absolute atomic E-state index is 0.0472. The van der Waals surface area contributed by atoms with Crippen LogP contribution in [-0.4, -0.2) is 27.7 Å². The summed E-state index contributed by atoms with van der Waals surface area (Å²) in [5.41, 5.74) is 0.402. The number of carboxylic acid groups (broad SMARTS) is 1. The van der Waals surface area contributed by atoms with E-state index in [0.29, 0.717) is 5.56 Å². The van der Waals surface area contributed by atoms with Crippen LogP contribution < -0.4 is 0 Å². The molecule has 1 aromatic carbocycles. The Bertz CT molecular complexity index is 649. The molecule has 0 aliphatic carbocycles. The normalized spacial score (nSPS) is 14.7. The topological polar surface area (TPSA) is 93.8 Å². The molecule has 1 heterocycles. The summed E-state index contributed by atoms with van der Waals surface area (Å²) >= 11 is 0. The molecule has 0 spiro atoms. The summed E-state index contributed by atoms with van der Waals surface area (Å²) in [6.45, 7) is -0.0674. The van der Waals surface area contributed by atoms with Crippen molar-refractivity contribution in [1.29, 1.82) is 5.26 Å². The number of hydrogen-bond acceptors (Lipinski definition) is 4. The molecule has 2 rings (SSSR count). The zero-order chi connectivity index (χ0) is 14.7. The van der Waals surface area contributed by atoms with E-state index in [0.717, 1.165) is 11.1 Å². The molecule has 0 bridgehead atoms. The fourth-order valence-electron chi connectivity index (χ4n) is 1.86. The molecule has 0 fully saturated rings. The number of rotatable bonds is 3. The van der Waals surface area contributed by atoms with Gasteiger partial charge < -0.3 is 5.11 Å². The average Bonchev–Trinajstić information content (AvgIpc) is 2.40. The first kappa shape index (κ1) is 13.7. The maximum Gasteiger partial charge on any atom is 0.352 e. The van der Waals surface area contributed by atoms with Crippen LogP contribution in [0.15, 0.2) is 23.3 Å². The smallest absolute Gasteiger partial charge is 0.352 e. The monoisotopic (exact) mass is 275 g/mol. The minimum atomic E-state index is -1.18. The van der Waals surface area contributed by atoms with E-state index < -0.39 is 11.8 Å². The predicted molar refractivity (Wildman–Crippen MR) is 66.0 cm³/mol. The van der Waals surface area contributed by atoms with Crippen LogP contribution >= 0.6 is 0 Å². The van der Waals surface area contributed by atoms with Gasteiger partial charge in [0.1, 0.15) is 11.5 Å². The Morgan fingerprint density at radius 2 is 2.20 bits per heavy atom. The Balaban J connectivity index is 2.26. The lowest BCUT2D eigenvalue weighted by Gasteiger charge is -2.22. The number of nitriles is 1. The molecule has 102 valence electrons. The maximum absolute atomic E-state index is 13.3. The van der Waals surface area contributed by atoms with Gasteiger partial charge in [0.05, 0.1) is 18.2 Å². The standard InChI is InChI=1S/C13H10FN3O3/c14-10-4-8(6-15)3-9(5-10)7-17-12(18)2-1-11(16-17)13(19)20/h3-5H,1-2,7H2,(H,19,20). The average molecular weight is 275 g/mol. The summed E-state index contributed by atoms with van der Waals surface area (Å²) in [5.74, 6) is -2.11. The lowest BCUT2D eigenvalue weighted by atomic mass is 10.1. The van der Waals surface area contributed by atoms with Crippen molar-refractivity contribution in [2.24, 2.45) is 5.10 Å². The van der Waals surface area contributed by atoms with E-state index in [9.17, 15) is 14.0 Å². The number of carboxylic acids is 1. The largest absolute Gasteiger partial charge is 0.477 e. The molecule has 0 aromatic heterocycles. The Hall–Kier alpha value is -2.75. The summed E-state index contributed by atoms with van der Waals surface area (Å²) < 4.78 is 13.3. The van der Waals surface area contributed by atoms with Gasteiger partial charge in [-0.15, -0.1) is 0 Å². The van der Waals surface area contributed by atoms with Gasteiger partial charge in [-0.2, -0.15) is 10.4 Å². The van der Waals surface area contributed by atoms with Crippen molar-refractivity contribution in [3.05, 3.63) is 35.1 Å². The van der Waals surface area contributed by atoms with Crippen molar-refractivity contribution in [2.45, 2.75) is 19.4 Å². The first-order valence-electron chi connectivity index (χ1n) is 5.80. The van der Waals surface area contributed by atoms with Crippen LogP contribution in [0.5, 0.6) is 0 Å². The summed E-state index contributed by atoms with van der Waals surface area (Å²) in [6, 6.07) is 5.50. The Labute approximate surface area is 113 Å². The van der Waals surface area contributed by atoms with Crippen LogP contribution in [0.25, 0.3) is 0 Å². The van der Waals surface area contributed by atoms with E-state index in [1.165, 1.54) is 12.1 Å². The molecule has 1 amide bonds.